The molecule has 0 saturated heterocycles. The zero-order valence-electron chi connectivity index (χ0n) is 11.7. The van der Waals surface area contributed by atoms with Crippen molar-refractivity contribution >= 4 is 17.7 Å². The number of nitrogens with zero attached hydrogens (tertiary/aromatic N) is 1. The van der Waals surface area contributed by atoms with E-state index in [0.29, 0.717) is 12.2 Å². The van der Waals surface area contributed by atoms with Gasteiger partial charge in [-0.05, 0) is 42.8 Å². The highest BCUT2D eigenvalue weighted by atomic mass is 16.3. The van der Waals surface area contributed by atoms with Crippen molar-refractivity contribution < 1.29 is 9.21 Å². The van der Waals surface area contributed by atoms with Crippen LogP contribution in [0.5, 0.6) is 0 Å². The second-order valence-electron chi connectivity index (χ2n) is 4.71. The molecule has 20 heavy (non-hydrogen) atoms. The summed E-state index contributed by atoms with van der Waals surface area (Å²) < 4.78 is 5.45. The zero-order valence-corrected chi connectivity index (χ0v) is 11.7. The molecule has 0 unspecified atom stereocenters. The molecule has 0 saturated carbocycles. The van der Waals surface area contributed by atoms with E-state index in [-0.39, 0.29) is 5.91 Å². The molecule has 0 aliphatic carbocycles. The third-order valence-corrected chi connectivity index (χ3v) is 2.89. The largest absolute Gasteiger partial charge is 0.464 e. The number of carbonyl (C=O) groups excluding carboxylic acids is 1. The first-order valence-corrected chi connectivity index (χ1v) is 6.38. The summed E-state index contributed by atoms with van der Waals surface area (Å²) in [5, 5.41) is 0. The molecule has 104 valence electrons. The van der Waals surface area contributed by atoms with Crippen LogP contribution in [0.2, 0.25) is 0 Å². The van der Waals surface area contributed by atoms with Gasteiger partial charge in [0.2, 0.25) is 5.91 Å². The van der Waals surface area contributed by atoms with Crippen molar-refractivity contribution in [2.45, 2.75) is 13.5 Å². The lowest BCUT2D eigenvalue weighted by molar-refractivity contribution is -0.125. The lowest BCUT2D eigenvalue weighted by atomic mass is 10.2. The molecule has 2 rings (SSSR count). The summed E-state index contributed by atoms with van der Waals surface area (Å²) in [5.74, 6) is 1.54. The molecule has 0 bridgehead atoms. The zero-order chi connectivity index (χ0) is 14.5. The number of anilines is 1. The van der Waals surface area contributed by atoms with E-state index in [1.54, 1.807) is 18.0 Å². The lowest BCUT2D eigenvalue weighted by Gasteiger charge is -2.13. The first-order valence-electron chi connectivity index (χ1n) is 6.38. The molecule has 0 fully saturated rings. The number of carbonyl (C=O) groups is 1. The summed E-state index contributed by atoms with van der Waals surface area (Å²) in [4.78, 5) is 13.6. The Morgan fingerprint density at radius 2 is 2.15 bits per heavy atom. The molecular formula is C16H18N2O2. The SMILES string of the molecule is Cc1ccc(CN(C)C(=O)/C=C/c2cccc(N)c2)o1. The van der Waals surface area contributed by atoms with E-state index in [4.69, 9.17) is 10.2 Å². The first-order chi connectivity index (χ1) is 9.54. The van der Waals surface area contributed by atoms with Gasteiger partial charge in [-0.25, -0.2) is 0 Å². The molecule has 0 spiro atoms. The minimum Gasteiger partial charge on any atom is -0.464 e. The molecule has 4 nitrogen and oxygen atoms in total. The molecule has 0 aliphatic rings. The van der Waals surface area contributed by atoms with Gasteiger partial charge in [0.05, 0.1) is 6.54 Å². The van der Waals surface area contributed by atoms with Gasteiger partial charge in [-0.3, -0.25) is 4.79 Å². The van der Waals surface area contributed by atoms with Crippen LogP contribution in [0, 0.1) is 6.92 Å². The molecule has 0 aliphatic heterocycles. The number of benzene rings is 1. The maximum Gasteiger partial charge on any atom is 0.246 e. The summed E-state index contributed by atoms with van der Waals surface area (Å²) in [6.07, 6.45) is 3.28. The Morgan fingerprint density at radius 1 is 1.35 bits per heavy atom. The monoisotopic (exact) mass is 270 g/mol. The lowest BCUT2D eigenvalue weighted by Crippen LogP contribution is -2.23. The van der Waals surface area contributed by atoms with Crippen molar-refractivity contribution in [3.8, 4) is 0 Å². The molecular weight excluding hydrogens is 252 g/mol. The molecule has 1 heterocycles. The Morgan fingerprint density at radius 3 is 2.80 bits per heavy atom. The van der Waals surface area contributed by atoms with Crippen LogP contribution in [0.1, 0.15) is 17.1 Å². The molecule has 0 atom stereocenters. The van der Waals surface area contributed by atoms with E-state index < -0.39 is 0 Å². The van der Waals surface area contributed by atoms with Gasteiger partial charge in [0.1, 0.15) is 11.5 Å². The van der Waals surface area contributed by atoms with Crippen molar-refractivity contribution in [3.63, 3.8) is 0 Å². The fourth-order valence-corrected chi connectivity index (χ4v) is 1.84. The molecule has 2 N–H and O–H groups in total. The fourth-order valence-electron chi connectivity index (χ4n) is 1.84. The van der Waals surface area contributed by atoms with E-state index in [1.807, 2.05) is 43.3 Å². The number of amides is 1. The van der Waals surface area contributed by atoms with E-state index in [0.717, 1.165) is 17.1 Å². The van der Waals surface area contributed by atoms with Crippen molar-refractivity contribution in [1.29, 1.82) is 0 Å². The van der Waals surface area contributed by atoms with Crippen LogP contribution in [0.25, 0.3) is 6.08 Å². The Hall–Kier alpha value is -2.49. The number of aryl methyl sites for hydroxylation is 1. The minimum atomic E-state index is -0.0820. The second kappa shape index (κ2) is 6.10. The molecule has 1 aromatic heterocycles. The number of likely N-dealkylation sites (N-methyl/N-ethyl adjacent to an activating group) is 1. The van der Waals surface area contributed by atoms with Crippen molar-refractivity contribution in [3.05, 3.63) is 59.6 Å². The van der Waals surface area contributed by atoms with Gasteiger partial charge >= 0.3 is 0 Å². The number of furan rings is 1. The van der Waals surface area contributed by atoms with Gasteiger partial charge in [0.15, 0.2) is 0 Å². The highest BCUT2D eigenvalue weighted by Gasteiger charge is 2.08. The van der Waals surface area contributed by atoms with Crippen LogP contribution in [-0.2, 0) is 11.3 Å². The van der Waals surface area contributed by atoms with Crippen molar-refractivity contribution in [1.82, 2.24) is 4.90 Å². The van der Waals surface area contributed by atoms with E-state index >= 15 is 0 Å². The molecule has 1 amide bonds. The summed E-state index contributed by atoms with van der Waals surface area (Å²) in [6, 6.07) is 11.1. The summed E-state index contributed by atoms with van der Waals surface area (Å²) in [7, 11) is 1.74. The Balaban J connectivity index is 1.97. The Labute approximate surface area is 118 Å². The molecule has 0 radical (unpaired) electrons. The van der Waals surface area contributed by atoms with Crippen LogP contribution < -0.4 is 5.73 Å². The van der Waals surface area contributed by atoms with E-state index in [1.165, 1.54) is 6.08 Å². The maximum atomic E-state index is 12.0. The molecule has 2 aromatic rings. The van der Waals surface area contributed by atoms with E-state index in [2.05, 4.69) is 0 Å². The fraction of sp³-hybridized carbons (Fsp3) is 0.188. The Kier molecular flexibility index (Phi) is 4.25. The van der Waals surface area contributed by atoms with Crippen LogP contribution in [0.4, 0.5) is 5.69 Å². The maximum absolute atomic E-state index is 12.0. The number of rotatable bonds is 4. The Bertz CT molecular complexity index is 629. The van der Waals surface area contributed by atoms with Crippen molar-refractivity contribution in [2.75, 3.05) is 12.8 Å². The van der Waals surface area contributed by atoms with E-state index in [9.17, 15) is 4.79 Å². The van der Waals surface area contributed by atoms with Gasteiger partial charge in [0, 0.05) is 18.8 Å². The van der Waals surface area contributed by atoms with Crippen LogP contribution in [0.15, 0.2) is 46.9 Å². The molecule has 4 heteroatoms. The third kappa shape index (κ3) is 3.75. The predicted molar refractivity (Wildman–Crippen MR) is 79.8 cm³/mol. The highest BCUT2D eigenvalue weighted by Crippen LogP contribution is 2.10. The van der Waals surface area contributed by atoms with Gasteiger partial charge in [-0.15, -0.1) is 0 Å². The number of nitrogen functional groups attached to an aromatic ring is 1. The van der Waals surface area contributed by atoms with Gasteiger partial charge in [0.25, 0.3) is 0 Å². The standard InChI is InChI=1S/C16H18N2O2/c1-12-6-8-15(20-12)11-18(2)16(19)9-7-13-4-3-5-14(17)10-13/h3-10H,11,17H2,1-2H3/b9-7+. The molecule has 1 aromatic carbocycles. The van der Waals surface area contributed by atoms with Crippen LogP contribution in [0.3, 0.4) is 0 Å². The quantitative estimate of drug-likeness (QED) is 0.686. The number of nitrogens with two attached hydrogens (primary N) is 1. The summed E-state index contributed by atoms with van der Waals surface area (Å²) in [5.41, 5.74) is 7.27. The van der Waals surface area contributed by atoms with Crippen molar-refractivity contribution in [2.24, 2.45) is 0 Å². The number of hydrogen-bond acceptors (Lipinski definition) is 3. The minimum absolute atomic E-state index is 0.0820. The topological polar surface area (TPSA) is 59.5 Å². The van der Waals surface area contributed by atoms with Gasteiger partial charge in [-0.2, -0.15) is 0 Å². The van der Waals surface area contributed by atoms with Gasteiger partial charge < -0.3 is 15.1 Å². The highest BCUT2D eigenvalue weighted by molar-refractivity contribution is 5.91. The first kappa shape index (κ1) is 13.9. The number of hydrogen-bond donors (Lipinski definition) is 1. The average Bonchev–Trinajstić information content (AvgIpc) is 2.81. The second-order valence-corrected chi connectivity index (χ2v) is 4.71. The third-order valence-electron chi connectivity index (χ3n) is 2.89. The van der Waals surface area contributed by atoms with Crippen LogP contribution in [-0.4, -0.2) is 17.9 Å². The predicted octanol–water partition coefficient (Wildman–Crippen LogP) is 2.84. The van der Waals surface area contributed by atoms with Gasteiger partial charge in [-0.1, -0.05) is 12.1 Å². The van der Waals surface area contributed by atoms with Crippen LogP contribution >= 0.6 is 0 Å². The smallest absolute Gasteiger partial charge is 0.246 e. The summed E-state index contributed by atoms with van der Waals surface area (Å²) in [6.45, 7) is 2.33. The normalized spacial score (nSPS) is 10.9. The average molecular weight is 270 g/mol. The summed E-state index contributed by atoms with van der Waals surface area (Å²) >= 11 is 0.